The first-order chi connectivity index (χ1) is 18.9. The maximum absolute atomic E-state index is 14.3. The fraction of sp³-hybridized carbons (Fsp3) is 0.531. The summed E-state index contributed by atoms with van der Waals surface area (Å²) in [7, 11) is 0. The van der Waals surface area contributed by atoms with Crippen molar-refractivity contribution in [3.05, 3.63) is 59.8 Å². The first kappa shape index (κ1) is 28.5. The number of fused-ring (bicyclic) bond motifs is 1. The van der Waals surface area contributed by atoms with Crippen molar-refractivity contribution in [2.75, 3.05) is 0 Å². The molecule has 1 aromatic carbocycles. The SMILES string of the molecule is C/C1=C/[C@@H](C)C/C=C\[C@H]2[C@H](O)[C@@](C)(O)[C@@H](C)[C@H]3[C@H](Cc4c[nH]c5ccccc45)NC(=O)[C@]32C(=O)CC[C@@H](O)C1=O. The number of aliphatic hydroxyl groups excluding tert-OH is 2. The third kappa shape index (κ3) is 4.37. The van der Waals surface area contributed by atoms with Gasteiger partial charge in [0.05, 0.1) is 11.7 Å². The van der Waals surface area contributed by atoms with Crippen LogP contribution in [-0.2, 0) is 20.8 Å². The highest BCUT2D eigenvalue weighted by Gasteiger charge is 2.71. The molecule has 0 unspecified atom stereocenters. The van der Waals surface area contributed by atoms with E-state index in [1.54, 1.807) is 32.9 Å². The van der Waals surface area contributed by atoms with E-state index in [0.717, 1.165) is 16.5 Å². The van der Waals surface area contributed by atoms with Gasteiger partial charge in [-0.2, -0.15) is 0 Å². The zero-order chi connectivity index (χ0) is 29.0. The molecular weight excluding hydrogens is 508 g/mol. The topological polar surface area (TPSA) is 140 Å². The van der Waals surface area contributed by atoms with Crippen molar-refractivity contribution in [2.24, 2.45) is 29.1 Å². The van der Waals surface area contributed by atoms with Gasteiger partial charge in [-0.15, -0.1) is 0 Å². The number of benzene rings is 1. The van der Waals surface area contributed by atoms with Crippen LogP contribution in [0.15, 0.2) is 54.3 Å². The lowest BCUT2D eigenvalue weighted by Crippen LogP contribution is -2.67. The number of Topliss-reactive ketones (excluding diaryl/α,β-unsaturated/α-hetero) is 2. The van der Waals surface area contributed by atoms with Gasteiger partial charge in [0.2, 0.25) is 5.91 Å². The molecule has 1 amide bonds. The van der Waals surface area contributed by atoms with E-state index in [-0.39, 0.29) is 18.8 Å². The molecule has 2 fully saturated rings. The first-order valence-corrected chi connectivity index (χ1v) is 14.3. The third-order valence-electron chi connectivity index (χ3n) is 9.87. The van der Waals surface area contributed by atoms with Crippen molar-refractivity contribution >= 4 is 28.4 Å². The minimum atomic E-state index is -1.66. The molecule has 40 heavy (non-hydrogen) atoms. The summed E-state index contributed by atoms with van der Waals surface area (Å²) in [6, 6.07) is 7.38. The fourth-order valence-corrected chi connectivity index (χ4v) is 7.56. The van der Waals surface area contributed by atoms with E-state index >= 15 is 0 Å². The number of hydrogen-bond acceptors (Lipinski definition) is 6. The molecule has 1 spiro atoms. The van der Waals surface area contributed by atoms with Gasteiger partial charge in [0.25, 0.3) is 0 Å². The average Bonchev–Trinajstić information content (AvgIpc) is 3.45. The van der Waals surface area contributed by atoms with Gasteiger partial charge < -0.3 is 25.6 Å². The molecule has 1 saturated heterocycles. The summed E-state index contributed by atoms with van der Waals surface area (Å²) in [5, 5.41) is 38.0. The molecule has 1 aliphatic heterocycles. The van der Waals surface area contributed by atoms with Crippen LogP contribution < -0.4 is 5.32 Å². The molecule has 0 radical (unpaired) electrons. The molecule has 8 nitrogen and oxygen atoms in total. The molecule has 5 N–H and O–H groups in total. The number of H-pyrrole nitrogens is 1. The zero-order valence-corrected chi connectivity index (χ0v) is 23.6. The van der Waals surface area contributed by atoms with Gasteiger partial charge in [0.1, 0.15) is 17.3 Å². The van der Waals surface area contributed by atoms with Crippen LogP contribution in [0.25, 0.3) is 10.9 Å². The number of rotatable bonds is 2. The molecule has 5 rings (SSSR count). The Kier molecular flexibility index (Phi) is 7.40. The third-order valence-corrected chi connectivity index (χ3v) is 9.87. The van der Waals surface area contributed by atoms with Gasteiger partial charge in [-0.25, -0.2) is 0 Å². The van der Waals surface area contributed by atoms with Crippen LogP contribution in [0.5, 0.6) is 0 Å². The molecule has 2 aromatic rings. The summed E-state index contributed by atoms with van der Waals surface area (Å²) in [6.07, 6.45) is 5.12. The van der Waals surface area contributed by atoms with Crippen molar-refractivity contribution in [1.29, 1.82) is 0 Å². The van der Waals surface area contributed by atoms with Crippen molar-refractivity contribution < 1.29 is 29.7 Å². The molecular formula is C32H40N2O6. The highest BCUT2D eigenvalue weighted by molar-refractivity contribution is 6.09. The number of para-hydroxylation sites is 1. The van der Waals surface area contributed by atoms with E-state index in [1.165, 1.54) is 0 Å². The van der Waals surface area contributed by atoms with Crippen LogP contribution in [0.3, 0.4) is 0 Å². The lowest BCUT2D eigenvalue weighted by atomic mass is 9.49. The number of allylic oxidation sites excluding steroid dienone is 2. The van der Waals surface area contributed by atoms with E-state index in [2.05, 4.69) is 10.3 Å². The quantitative estimate of drug-likeness (QED) is 0.289. The van der Waals surface area contributed by atoms with E-state index in [1.807, 2.05) is 43.5 Å². The minimum Gasteiger partial charge on any atom is -0.389 e. The molecule has 2 aliphatic carbocycles. The summed E-state index contributed by atoms with van der Waals surface area (Å²) in [6.45, 7) is 6.96. The van der Waals surface area contributed by atoms with Gasteiger partial charge >= 0.3 is 0 Å². The Morgan fingerprint density at radius 3 is 2.58 bits per heavy atom. The molecule has 9 atom stereocenters. The second-order valence-corrected chi connectivity index (χ2v) is 12.4. The predicted octanol–water partition coefficient (Wildman–Crippen LogP) is 3.01. The maximum Gasteiger partial charge on any atom is 0.235 e. The Balaban J connectivity index is 1.62. The van der Waals surface area contributed by atoms with Crippen molar-refractivity contribution in [1.82, 2.24) is 10.3 Å². The highest BCUT2D eigenvalue weighted by atomic mass is 16.3. The molecule has 2 heterocycles. The van der Waals surface area contributed by atoms with E-state index in [9.17, 15) is 29.7 Å². The van der Waals surface area contributed by atoms with Crippen molar-refractivity contribution in [3.8, 4) is 0 Å². The first-order valence-electron chi connectivity index (χ1n) is 14.3. The van der Waals surface area contributed by atoms with Gasteiger partial charge in [-0.05, 0) is 62.1 Å². The van der Waals surface area contributed by atoms with E-state index in [4.69, 9.17) is 0 Å². The Morgan fingerprint density at radius 2 is 1.82 bits per heavy atom. The van der Waals surface area contributed by atoms with E-state index < -0.39 is 64.5 Å². The summed E-state index contributed by atoms with van der Waals surface area (Å²) in [5.41, 5.74) is -0.846. The number of aromatic nitrogens is 1. The molecule has 8 heteroatoms. The Labute approximate surface area is 234 Å². The largest absolute Gasteiger partial charge is 0.389 e. The van der Waals surface area contributed by atoms with Gasteiger partial charge in [-0.1, -0.05) is 50.3 Å². The lowest BCUT2D eigenvalue weighted by molar-refractivity contribution is -0.199. The Morgan fingerprint density at radius 1 is 1.10 bits per heavy atom. The lowest BCUT2D eigenvalue weighted by Gasteiger charge is -2.55. The van der Waals surface area contributed by atoms with Crippen LogP contribution in [0, 0.1) is 29.1 Å². The summed E-state index contributed by atoms with van der Waals surface area (Å²) in [5.74, 6) is -3.60. The number of carbonyl (C=O) groups is 3. The summed E-state index contributed by atoms with van der Waals surface area (Å²) in [4.78, 5) is 44.5. The second kappa shape index (κ2) is 10.4. The number of aliphatic hydroxyl groups is 3. The van der Waals surface area contributed by atoms with Crippen LogP contribution >= 0.6 is 0 Å². The fourth-order valence-electron chi connectivity index (χ4n) is 7.56. The van der Waals surface area contributed by atoms with Crippen LogP contribution in [0.2, 0.25) is 0 Å². The standard InChI is InChI=1S/C32H40N2O6/c1-17-8-7-10-22-29(38)31(4,40)19(3)27-24(15-20-16-33-23-11-6-5-9-21(20)23)34-30(39)32(22,27)26(36)13-12-25(35)28(37)18(2)14-17/h5-7,9-11,14,16-17,19,22,24-25,27,29,33,35,38,40H,8,12-13,15H2,1-4H3,(H,34,39)/b10-7-,18-14-/t17-,19-,22-,24-,25+,27-,29-,31-,32+/m0/s1. The molecule has 1 saturated carbocycles. The summed E-state index contributed by atoms with van der Waals surface area (Å²) >= 11 is 0. The molecule has 1 aromatic heterocycles. The number of hydrogen-bond donors (Lipinski definition) is 5. The van der Waals surface area contributed by atoms with Gasteiger partial charge in [0.15, 0.2) is 5.78 Å². The number of carbonyl (C=O) groups excluding carboxylic acids is 3. The normalized spacial score (nSPS) is 41.1. The van der Waals surface area contributed by atoms with Crippen molar-refractivity contribution in [3.63, 3.8) is 0 Å². The monoisotopic (exact) mass is 548 g/mol. The average molecular weight is 549 g/mol. The molecule has 214 valence electrons. The molecule has 3 aliphatic rings. The Bertz CT molecular complexity index is 1390. The number of amides is 1. The zero-order valence-electron chi connectivity index (χ0n) is 23.6. The van der Waals surface area contributed by atoms with Crippen LogP contribution in [0.1, 0.15) is 52.5 Å². The predicted molar refractivity (Wildman–Crippen MR) is 151 cm³/mol. The number of aromatic amines is 1. The van der Waals surface area contributed by atoms with Gasteiger partial charge in [-0.3, -0.25) is 14.4 Å². The maximum atomic E-state index is 14.3. The summed E-state index contributed by atoms with van der Waals surface area (Å²) < 4.78 is 0. The minimum absolute atomic E-state index is 0.0530. The van der Waals surface area contributed by atoms with E-state index in [0.29, 0.717) is 18.4 Å². The number of nitrogens with one attached hydrogen (secondary N) is 2. The van der Waals surface area contributed by atoms with Crippen LogP contribution in [-0.4, -0.2) is 61.6 Å². The Hall–Kier alpha value is -3.07. The second-order valence-electron chi connectivity index (χ2n) is 12.4. The number of ketones is 2. The molecule has 0 bridgehead atoms. The smallest absolute Gasteiger partial charge is 0.235 e. The van der Waals surface area contributed by atoms with Gasteiger partial charge in [0, 0.05) is 41.4 Å². The van der Waals surface area contributed by atoms with Crippen LogP contribution in [0.4, 0.5) is 0 Å². The highest BCUT2D eigenvalue weighted by Crippen LogP contribution is 2.58. The van der Waals surface area contributed by atoms with Crippen molar-refractivity contribution in [2.45, 2.75) is 77.2 Å².